The van der Waals surface area contributed by atoms with Gasteiger partial charge < -0.3 is 0 Å². The third-order valence-electron chi connectivity index (χ3n) is 2.51. The first-order valence-electron chi connectivity index (χ1n) is 4.53. The van der Waals surface area contributed by atoms with Crippen molar-refractivity contribution in [1.82, 2.24) is 5.32 Å². The first kappa shape index (κ1) is 8.74. The zero-order valence-electron chi connectivity index (χ0n) is 7.42. The molecule has 1 fully saturated rings. The van der Waals surface area contributed by atoms with Crippen molar-refractivity contribution < 1.29 is 0 Å². The van der Waals surface area contributed by atoms with Crippen LogP contribution in [0.3, 0.4) is 0 Å². The predicted octanol–water partition coefficient (Wildman–Crippen LogP) is 1.94. The van der Waals surface area contributed by atoms with Gasteiger partial charge in [0.1, 0.15) is 5.54 Å². The summed E-state index contributed by atoms with van der Waals surface area (Å²) in [4.78, 5) is 1.30. The maximum absolute atomic E-state index is 9.11. The molecule has 0 aromatic carbocycles. The quantitative estimate of drug-likeness (QED) is 0.777. The van der Waals surface area contributed by atoms with E-state index in [1.165, 1.54) is 4.88 Å². The van der Waals surface area contributed by atoms with Crippen LogP contribution >= 0.6 is 11.3 Å². The van der Waals surface area contributed by atoms with Gasteiger partial charge in [-0.1, -0.05) is 6.07 Å². The molecule has 1 saturated heterocycles. The summed E-state index contributed by atoms with van der Waals surface area (Å²) in [6, 6.07) is 6.55. The molecule has 1 atom stereocenters. The second-order valence-electron chi connectivity index (χ2n) is 3.48. The number of hydrogen-bond acceptors (Lipinski definition) is 3. The fraction of sp³-hybridized carbons (Fsp3) is 0.500. The van der Waals surface area contributed by atoms with Gasteiger partial charge in [0, 0.05) is 11.3 Å². The van der Waals surface area contributed by atoms with Crippen molar-refractivity contribution in [3.8, 4) is 6.07 Å². The van der Waals surface area contributed by atoms with Gasteiger partial charge in [0.25, 0.3) is 0 Å². The Morgan fingerprint density at radius 2 is 2.62 bits per heavy atom. The second kappa shape index (κ2) is 3.49. The van der Waals surface area contributed by atoms with Gasteiger partial charge >= 0.3 is 0 Å². The molecule has 1 aromatic rings. The van der Waals surface area contributed by atoms with Gasteiger partial charge in [0.2, 0.25) is 0 Å². The summed E-state index contributed by atoms with van der Waals surface area (Å²) in [6.45, 7) is 0.985. The van der Waals surface area contributed by atoms with E-state index in [-0.39, 0.29) is 5.54 Å². The highest BCUT2D eigenvalue weighted by Gasteiger charge is 2.33. The highest BCUT2D eigenvalue weighted by atomic mass is 32.1. The minimum Gasteiger partial charge on any atom is -0.299 e. The molecule has 0 bridgehead atoms. The van der Waals surface area contributed by atoms with E-state index in [1.807, 2.05) is 6.07 Å². The largest absolute Gasteiger partial charge is 0.299 e. The number of nitrogens with one attached hydrogen (secondary N) is 1. The fourth-order valence-corrected chi connectivity index (χ4v) is 2.62. The summed E-state index contributed by atoms with van der Waals surface area (Å²) in [5.41, 5.74) is -0.273. The van der Waals surface area contributed by atoms with Crippen LogP contribution in [-0.2, 0) is 6.42 Å². The molecule has 2 nitrogen and oxygen atoms in total. The number of nitrogens with zero attached hydrogens (tertiary/aromatic N) is 1. The molecule has 1 unspecified atom stereocenters. The van der Waals surface area contributed by atoms with Crippen LogP contribution in [0.4, 0.5) is 0 Å². The molecule has 0 saturated carbocycles. The molecule has 0 spiro atoms. The lowest BCUT2D eigenvalue weighted by atomic mass is 9.94. The first-order valence-corrected chi connectivity index (χ1v) is 5.41. The van der Waals surface area contributed by atoms with Gasteiger partial charge in [-0.3, -0.25) is 5.32 Å². The van der Waals surface area contributed by atoms with Crippen LogP contribution in [0.25, 0.3) is 0 Å². The molecule has 3 heteroatoms. The Morgan fingerprint density at radius 1 is 1.69 bits per heavy atom. The molecule has 1 aliphatic rings. The molecule has 1 aromatic heterocycles. The van der Waals surface area contributed by atoms with E-state index >= 15 is 0 Å². The fourth-order valence-electron chi connectivity index (χ4n) is 1.80. The van der Waals surface area contributed by atoms with E-state index in [0.717, 1.165) is 25.8 Å². The van der Waals surface area contributed by atoms with E-state index in [4.69, 9.17) is 5.26 Å². The van der Waals surface area contributed by atoms with Gasteiger partial charge in [0.05, 0.1) is 6.07 Å². The minimum absolute atomic E-state index is 0.273. The zero-order valence-corrected chi connectivity index (χ0v) is 8.23. The van der Waals surface area contributed by atoms with Gasteiger partial charge in [0.15, 0.2) is 0 Å². The smallest absolute Gasteiger partial charge is 0.111 e. The topological polar surface area (TPSA) is 35.8 Å². The molecule has 2 heterocycles. The van der Waals surface area contributed by atoms with Crippen LogP contribution in [0.2, 0.25) is 0 Å². The Labute approximate surface area is 82.2 Å². The van der Waals surface area contributed by atoms with Gasteiger partial charge in [-0.15, -0.1) is 11.3 Å². The summed E-state index contributed by atoms with van der Waals surface area (Å²) in [7, 11) is 0. The maximum Gasteiger partial charge on any atom is 0.111 e. The van der Waals surface area contributed by atoms with E-state index in [0.29, 0.717) is 0 Å². The normalized spacial score (nSPS) is 27.3. The second-order valence-corrected chi connectivity index (χ2v) is 4.51. The number of hydrogen-bond donors (Lipinski definition) is 1. The lowest BCUT2D eigenvalue weighted by molar-refractivity contribution is 0.484. The molecule has 0 radical (unpaired) electrons. The Hall–Kier alpha value is -0.850. The molecule has 1 N–H and O–H groups in total. The van der Waals surface area contributed by atoms with Gasteiger partial charge in [-0.25, -0.2) is 0 Å². The van der Waals surface area contributed by atoms with Gasteiger partial charge in [-0.05, 0) is 30.8 Å². The van der Waals surface area contributed by atoms with Crippen molar-refractivity contribution in [2.45, 2.75) is 24.8 Å². The Bertz CT molecular complexity index is 304. The summed E-state index contributed by atoms with van der Waals surface area (Å²) in [5.74, 6) is 0. The lowest BCUT2D eigenvalue weighted by Crippen LogP contribution is -2.39. The monoisotopic (exact) mass is 192 g/mol. The standard InChI is InChI=1S/C10H12N2S/c11-8-10(4-2-5-12-10)7-9-3-1-6-13-9/h1,3,6,12H,2,4-5,7H2. The van der Waals surface area contributed by atoms with Crippen LogP contribution in [0.1, 0.15) is 17.7 Å². The van der Waals surface area contributed by atoms with E-state index in [2.05, 4.69) is 22.8 Å². The molecule has 68 valence electrons. The summed E-state index contributed by atoms with van der Waals surface area (Å²) in [5, 5.41) is 14.5. The third-order valence-corrected chi connectivity index (χ3v) is 3.39. The molecule has 13 heavy (non-hydrogen) atoms. The molecule has 1 aliphatic heterocycles. The number of thiophene rings is 1. The summed E-state index contributed by atoms with van der Waals surface area (Å²) >= 11 is 1.73. The van der Waals surface area contributed by atoms with Crippen molar-refractivity contribution in [2.75, 3.05) is 6.54 Å². The van der Waals surface area contributed by atoms with Crippen LogP contribution in [0.5, 0.6) is 0 Å². The van der Waals surface area contributed by atoms with E-state index in [9.17, 15) is 0 Å². The molecular formula is C10H12N2S. The molecule has 0 amide bonds. The minimum atomic E-state index is -0.273. The van der Waals surface area contributed by atoms with Crippen LogP contribution in [-0.4, -0.2) is 12.1 Å². The first-order chi connectivity index (χ1) is 6.35. The third kappa shape index (κ3) is 1.74. The van der Waals surface area contributed by atoms with Crippen LogP contribution in [0.15, 0.2) is 17.5 Å². The van der Waals surface area contributed by atoms with E-state index in [1.54, 1.807) is 11.3 Å². The predicted molar refractivity (Wildman–Crippen MR) is 53.6 cm³/mol. The Kier molecular flexibility index (Phi) is 2.34. The van der Waals surface area contributed by atoms with Crippen molar-refractivity contribution in [3.63, 3.8) is 0 Å². The molecular weight excluding hydrogens is 180 g/mol. The van der Waals surface area contributed by atoms with Gasteiger partial charge in [-0.2, -0.15) is 5.26 Å². The van der Waals surface area contributed by atoms with Crippen molar-refractivity contribution in [2.24, 2.45) is 0 Å². The van der Waals surface area contributed by atoms with E-state index < -0.39 is 0 Å². The van der Waals surface area contributed by atoms with Crippen molar-refractivity contribution >= 4 is 11.3 Å². The highest BCUT2D eigenvalue weighted by Crippen LogP contribution is 2.25. The number of nitriles is 1. The Morgan fingerprint density at radius 3 is 3.15 bits per heavy atom. The average Bonchev–Trinajstić information content (AvgIpc) is 2.77. The van der Waals surface area contributed by atoms with Crippen LogP contribution < -0.4 is 5.32 Å². The highest BCUT2D eigenvalue weighted by molar-refractivity contribution is 7.09. The Balaban J connectivity index is 2.11. The molecule has 0 aliphatic carbocycles. The lowest BCUT2D eigenvalue weighted by Gasteiger charge is -2.19. The molecule has 2 rings (SSSR count). The van der Waals surface area contributed by atoms with Crippen molar-refractivity contribution in [1.29, 1.82) is 5.26 Å². The SMILES string of the molecule is N#CC1(Cc2cccs2)CCCN1. The van der Waals surface area contributed by atoms with Crippen molar-refractivity contribution in [3.05, 3.63) is 22.4 Å². The number of rotatable bonds is 2. The summed E-state index contributed by atoms with van der Waals surface area (Å²) < 4.78 is 0. The average molecular weight is 192 g/mol. The summed E-state index contributed by atoms with van der Waals surface area (Å²) in [6.07, 6.45) is 2.97. The maximum atomic E-state index is 9.11. The van der Waals surface area contributed by atoms with Crippen LogP contribution in [0, 0.1) is 11.3 Å². The zero-order chi connectivity index (χ0) is 9.15.